The van der Waals surface area contributed by atoms with Crippen LogP contribution in [0.25, 0.3) is 0 Å². The van der Waals surface area contributed by atoms with Gasteiger partial charge in [-0.05, 0) is 31.0 Å². The van der Waals surface area contributed by atoms with Crippen LogP contribution >= 0.6 is 11.8 Å². The molecule has 0 aliphatic carbocycles. The average Bonchev–Trinajstić information content (AvgIpc) is 2.76. The van der Waals surface area contributed by atoms with E-state index in [1.54, 1.807) is 26.2 Å². The van der Waals surface area contributed by atoms with Crippen molar-refractivity contribution in [2.24, 2.45) is 0 Å². The fourth-order valence-electron chi connectivity index (χ4n) is 3.43. The normalized spacial score (nSPS) is 15.1. The third-order valence-electron chi connectivity index (χ3n) is 4.96. The Labute approximate surface area is 186 Å². The summed E-state index contributed by atoms with van der Waals surface area (Å²) < 4.78 is 10.6. The molecule has 31 heavy (non-hydrogen) atoms. The maximum Gasteiger partial charge on any atom is 0.337 e. The van der Waals surface area contributed by atoms with Crippen LogP contribution in [0, 0.1) is 0 Å². The van der Waals surface area contributed by atoms with Gasteiger partial charge >= 0.3 is 5.97 Å². The Morgan fingerprint density at radius 3 is 2.71 bits per heavy atom. The molecule has 1 aliphatic heterocycles. The number of carbonyl (C=O) groups is 1. The van der Waals surface area contributed by atoms with Gasteiger partial charge in [-0.25, -0.2) is 9.78 Å². The van der Waals surface area contributed by atoms with Gasteiger partial charge in [-0.3, -0.25) is 4.79 Å². The number of esters is 1. The second kappa shape index (κ2) is 10.3. The van der Waals surface area contributed by atoms with Crippen LogP contribution in [0.3, 0.4) is 0 Å². The van der Waals surface area contributed by atoms with E-state index in [9.17, 15) is 9.59 Å². The summed E-state index contributed by atoms with van der Waals surface area (Å²) in [4.78, 5) is 33.6. The van der Waals surface area contributed by atoms with E-state index in [0.29, 0.717) is 33.6 Å². The first kappa shape index (κ1) is 22.7. The van der Waals surface area contributed by atoms with Crippen LogP contribution in [0.4, 0.5) is 5.82 Å². The van der Waals surface area contributed by atoms with E-state index in [1.165, 1.54) is 17.8 Å². The molecular weight excluding hydrogens is 414 g/mol. The molecule has 2 aromatic rings. The number of rotatable bonds is 9. The first-order chi connectivity index (χ1) is 15.0. The van der Waals surface area contributed by atoms with E-state index >= 15 is 0 Å². The molecule has 3 rings (SSSR count). The van der Waals surface area contributed by atoms with E-state index in [0.717, 1.165) is 24.2 Å². The third kappa shape index (κ3) is 5.02. The molecule has 1 aromatic carbocycles. The summed E-state index contributed by atoms with van der Waals surface area (Å²) in [6.45, 7) is 7.58. The van der Waals surface area contributed by atoms with Crippen LogP contribution in [-0.2, 0) is 9.53 Å². The molecule has 0 saturated carbocycles. The van der Waals surface area contributed by atoms with E-state index in [-0.39, 0.29) is 12.2 Å². The Hall–Kier alpha value is -3.00. The van der Waals surface area contributed by atoms with Crippen molar-refractivity contribution in [3.8, 4) is 5.75 Å². The Morgan fingerprint density at radius 1 is 1.32 bits per heavy atom. The Kier molecular flexibility index (Phi) is 7.57. The van der Waals surface area contributed by atoms with Crippen LogP contribution in [0.2, 0.25) is 0 Å². The second-order valence-electron chi connectivity index (χ2n) is 7.09. The molecule has 0 bridgehead atoms. The Balaban J connectivity index is 2.10. The van der Waals surface area contributed by atoms with Crippen LogP contribution in [0.5, 0.6) is 5.75 Å². The highest BCUT2D eigenvalue weighted by atomic mass is 32.2. The van der Waals surface area contributed by atoms with Gasteiger partial charge in [0.1, 0.15) is 18.2 Å². The minimum atomic E-state index is -0.620. The van der Waals surface area contributed by atoms with Gasteiger partial charge in [0.15, 0.2) is 5.16 Å². The molecule has 1 aliphatic rings. The van der Waals surface area contributed by atoms with Crippen LogP contribution < -0.4 is 15.6 Å². The minimum absolute atomic E-state index is 0.0828. The SMILES string of the molecule is C=CCOC(=O)C1=C(C)Nc2nc(SCCCC)[nH]c(=O)c2[C@H]1c1ccc(OC)cc1. The lowest BCUT2D eigenvalue weighted by atomic mass is 9.82. The van der Waals surface area contributed by atoms with Crippen molar-refractivity contribution in [2.75, 3.05) is 24.8 Å². The highest BCUT2D eigenvalue weighted by Crippen LogP contribution is 2.40. The van der Waals surface area contributed by atoms with Crippen LogP contribution in [0.15, 0.2) is 58.1 Å². The molecule has 0 unspecified atom stereocenters. The Bertz CT molecular complexity index is 1040. The van der Waals surface area contributed by atoms with Gasteiger partial charge in [0.2, 0.25) is 0 Å². The van der Waals surface area contributed by atoms with Crippen molar-refractivity contribution in [1.82, 2.24) is 9.97 Å². The predicted octanol–water partition coefficient (Wildman–Crippen LogP) is 4.23. The monoisotopic (exact) mass is 441 g/mol. The number of hydrogen-bond donors (Lipinski definition) is 2. The van der Waals surface area contributed by atoms with E-state index in [2.05, 4.69) is 28.8 Å². The molecule has 1 atom stereocenters. The van der Waals surface area contributed by atoms with E-state index < -0.39 is 11.9 Å². The van der Waals surface area contributed by atoms with Crippen molar-refractivity contribution >= 4 is 23.5 Å². The quantitative estimate of drug-likeness (QED) is 0.198. The number of nitrogens with one attached hydrogen (secondary N) is 2. The standard InChI is InChI=1S/C23H27N3O4S/c1-5-7-13-31-23-25-20-19(21(27)26-23)18(15-8-10-16(29-4)11-9-15)17(14(3)24-20)22(28)30-12-6-2/h6,8-11,18H,2,5,7,12-13H2,1,3-4H3,(H2,24,25,26,27)/t18-/m0/s1. The maximum atomic E-state index is 13.1. The van der Waals surface area contributed by atoms with E-state index in [4.69, 9.17) is 9.47 Å². The number of nitrogens with zero attached hydrogens (tertiary/aromatic N) is 1. The fraction of sp³-hybridized carbons (Fsp3) is 0.348. The zero-order chi connectivity index (χ0) is 22.4. The van der Waals surface area contributed by atoms with Gasteiger partial charge in [0.25, 0.3) is 5.56 Å². The van der Waals surface area contributed by atoms with E-state index in [1.807, 2.05) is 12.1 Å². The summed E-state index contributed by atoms with van der Waals surface area (Å²) in [7, 11) is 1.59. The zero-order valence-corrected chi connectivity index (χ0v) is 18.8. The number of thioether (sulfide) groups is 1. The summed E-state index contributed by atoms with van der Waals surface area (Å²) in [5, 5.41) is 3.70. The molecular formula is C23H27N3O4S. The van der Waals surface area contributed by atoms with Crippen molar-refractivity contribution in [1.29, 1.82) is 0 Å². The van der Waals surface area contributed by atoms with Gasteiger partial charge in [0.05, 0.1) is 24.2 Å². The maximum absolute atomic E-state index is 13.1. The molecule has 1 aromatic heterocycles. The molecule has 0 fully saturated rings. The number of benzene rings is 1. The van der Waals surface area contributed by atoms with Gasteiger partial charge in [-0.15, -0.1) is 0 Å². The average molecular weight is 442 g/mol. The first-order valence-corrected chi connectivity index (χ1v) is 11.2. The summed E-state index contributed by atoms with van der Waals surface area (Å²) in [6.07, 6.45) is 3.61. The number of H-pyrrole nitrogens is 1. The number of fused-ring (bicyclic) bond motifs is 1. The summed E-state index contributed by atoms with van der Waals surface area (Å²) in [6, 6.07) is 7.29. The molecule has 7 nitrogen and oxygen atoms in total. The number of anilines is 1. The number of unbranched alkanes of at least 4 members (excludes halogenated alkanes) is 1. The van der Waals surface area contributed by atoms with Crippen molar-refractivity contribution in [3.05, 3.63) is 69.7 Å². The zero-order valence-electron chi connectivity index (χ0n) is 18.0. The lowest BCUT2D eigenvalue weighted by molar-refractivity contribution is -0.138. The highest BCUT2D eigenvalue weighted by molar-refractivity contribution is 7.99. The fourth-order valence-corrected chi connectivity index (χ4v) is 4.37. The molecule has 0 spiro atoms. The summed E-state index contributed by atoms with van der Waals surface area (Å²) in [5.41, 5.74) is 1.86. The topological polar surface area (TPSA) is 93.3 Å². The second-order valence-corrected chi connectivity index (χ2v) is 8.18. The predicted molar refractivity (Wildman–Crippen MR) is 123 cm³/mol. The largest absolute Gasteiger partial charge is 0.497 e. The van der Waals surface area contributed by atoms with Crippen molar-refractivity contribution in [2.45, 2.75) is 37.8 Å². The number of allylic oxidation sites excluding steroid dienone is 1. The van der Waals surface area contributed by atoms with Crippen LogP contribution in [0.1, 0.15) is 43.7 Å². The number of aromatic amines is 1. The van der Waals surface area contributed by atoms with Crippen LogP contribution in [-0.4, -0.2) is 35.4 Å². The number of ether oxygens (including phenoxy) is 2. The Morgan fingerprint density at radius 2 is 2.06 bits per heavy atom. The minimum Gasteiger partial charge on any atom is -0.497 e. The first-order valence-electron chi connectivity index (χ1n) is 10.2. The van der Waals surface area contributed by atoms with Gasteiger partial charge < -0.3 is 19.8 Å². The van der Waals surface area contributed by atoms with Gasteiger partial charge in [0, 0.05) is 11.4 Å². The smallest absolute Gasteiger partial charge is 0.337 e. The molecule has 0 radical (unpaired) electrons. The summed E-state index contributed by atoms with van der Waals surface area (Å²) in [5.74, 6) is 0.890. The van der Waals surface area contributed by atoms with Crippen molar-refractivity contribution in [3.63, 3.8) is 0 Å². The lowest BCUT2D eigenvalue weighted by Gasteiger charge is -2.28. The lowest BCUT2D eigenvalue weighted by Crippen LogP contribution is -2.31. The molecule has 2 N–H and O–H groups in total. The number of methoxy groups -OCH3 is 1. The third-order valence-corrected chi connectivity index (χ3v) is 5.92. The molecule has 0 saturated heterocycles. The van der Waals surface area contributed by atoms with Gasteiger partial charge in [-0.2, -0.15) is 0 Å². The number of carbonyl (C=O) groups excluding carboxylic acids is 1. The molecule has 0 amide bonds. The number of hydrogen-bond acceptors (Lipinski definition) is 7. The molecule has 8 heteroatoms. The highest BCUT2D eigenvalue weighted by Gasteiger charge is 2.36. The van der Waals surface area contributed by atoms with Crippen molar-refractivity contribution < 1.29 is 14.3 Å². The molecule has 164 valence electrons. The molecule has 2 heterocycles. The van der Waals surface area contributed by atoms with Gasteiger partial charge in [-0.1, -0.05) is 49.9 Å². The number of aromatic nitrogens is 2. The summed E-state index contributed by atoms with van der Waals surface area (Å²) >= 11 is 1.51.